The summed E-state index contributed by atoms with van der Waals surface area (Å²) in [5, 5.41) is 16.2. The fraction of sp³-hybridized carbons (Fsp3) is 0.652. The summed E-state index contributed by atoms with van der Waals surface area (Å²) in [5.74, 6) is -0.341. The van der Waals surface area contributed by atoms with Crippen LogP contribution in [-0.4, -0.2) is 57.4 Å². The number of amides is 1. The van der Waals surface area contributed by atoms with Gasteiger partial charge in [-0.05, 0) is 37.0 Å². The van der Waals surface area contributed by atoms with Gasteiger partial charge < -0.3 is 15.3 Å². The number of aliphatic hydroxyl groups excluding tert-OH is 1. The smallest absolute Gasteiger partial charge is 0.287 e. The Bertz CT molecular complexity index is 1320. The SMILES string of the molecule is CC(C)CCC1(C)CN(C2CCCC2)C(=O)C(C2=NS(=O)(=O)c3c(CNS(C)(=O)=O)csc3N2)=C1O. The number of sulfonamides is 2. The van der Waals surface area contributed by atoms with Gasteiger partial charge in [0.05, 0.1) is 6.26 Å². The van der Waals surface area contributed by atoms with E-state index < -0.39 is 31.4 Å². The van der Waals surface area contributed by atoms with E-state index in [1.165, 1.54) is 0 Å². The maximum absolute atomic E-state index is 13.7. The van der Waals surface area contributed by atoms with E-state index in [0.29, 0.717) is 18.9 Å². The summed E-state index contributed by atoms with van der Waals surface area (Å²) in [6.07, 6.45) is 6.28. The van der Waals surface area contributed by atoms with Gasteiger partial charge >= 0.3 is 0 Å². The van der Waals surface area contributed by atoms with Gasteiger partial charge in [0.2, 0.25) is 10.0 Å². The van der Waals surface area contributed by atoms with E-state index in [-0.39, 0.29) is 45.2 Å². The monoisotopic (exact) mass is 558 g/mol. The van der Waals surface area contributed by atoms with Crippen molar-refractivity contribution in [3.05, 3.63) is 22.3 Å². The van der Waals surface area contributed by atoms with Gasteiger partial charge in [-0.3, -0.25) is 4.79 Å². The minimum atomic E-state index is -4.26. The summed E-state index contributed by atoms with van der Waals surface area (Å²) in [7, 11) is -7.79. The number of thiophene rings is 1. The molecule has 3 N–H and O–H groups in total. The Morgan fingerprint density at radius 2 is 2.00 bits per heavy atom. The summed E-state index contributed by atoms with van der Waals surface area (Å²) >= 11 is 1.08. The third kappa shape index (κ3) is 5.34. The number of carbonyl (C=O) groups excluding carboxylic acids is 1. The van der Waals surface area contributed by atoms with Crippen molar-refractivity contribution in [3.63, 3.8) is 0 Å². The van der Waals surface area contributed by atoms with Crippen LogP contribution in [0.2, 0.25) is 0 Å². The number of carbonyl (C=O) groups is 1. The van der Waals surface area contributed by atoms with E-state index in [9.17, 15) is 26.7 Å². The number of fused-ring (bicyclic) bond motifs is 1. The van der Waals surface area contributed by atoms with Crippen LogP contribution in [0.4, 0.5) is 5.00 Å². The van der Waals surface area contributed by atoms with Crippen molar-refractivity contribution in [3.8, 4) is 0 Å². The van der Waals surface area contributed by atoms with Crippen molar-refractivity contribution < 1.29 is 26.7 Å². The van der Waals surface area contributed by atoms with E-state index in [0.717, 1.165) is 49.7 Å². The van der Waals surface area contributed by atoms with Crippen LogP contribution in [0.15, 0.2) is 26.0 Å². The molecule has 1 saturated carbocycles. The molecular weight excluding hydrogens is 524 g/mol. The molecule has 13 heteroatoms. The largest absolute Gasteiger partial charge is 0.511 e. The van der Waals surface area contributed by atoms with Crippen LogP contribution in [0.1, 0.15) is 64.9 Å². The van der Waals surface area contributed by atoms with Crippen molar-refractivity contribution in [2.75, 3.05) is 18.1 Å². The number of hydrogen-bond acceptors (Lipinski definition) is 8. The lowest BCUT2D eigenvalue weighted by molar-refractivity contribution is -0.132. The van der Waals surface area contributed by atoms with Gasteiger partial charge in [-0.25, -0.2) is 13.1 Å². The van der Waals surface area contributed by atoms with Gasteiger partial charge in [-0.1, -0.05) is 33.6 Å². The zero-order valence-electron chi connectivity index (χ0n) is 21.0. The second-order valence-corrected chi connectivity index (χ2v) is 14.9. The van der Waals surface area contributed by atoms with E-state index >= 15 is 0 Å². The molecule has 1 atom stereocenters. The molecule has 0 aromatic carbocycles. The van der Waals surface area contributed by atoms with Crippen LogP contribution in [-0.2, 0) is 31.4 Å². The molecular formula is C23H34N4O6S3. The molecule has 0 bridgehead atoms. The lowest BCUT2D eigenvalue weighted by Gasteiger charge is -2.44. The highest BCUT2D eigenvalue weighted by molar-refractivity contribution is 7.91. The predicted molar refractivity (Wildman–Crippen MR) is 140 cm³/mol. The average Bonchev–Trinajstić information content (AvgIpc) is 3.43. The van der Waals surface area contributed by atoms with Gasteiger partial charge in [0.15, 0.2) is 5.84 Å². The molecule has 4 rings (SSSR count). The lowest BCUT2D eigenvalue weighted by Crippen LogP contribution is -2.53. The maximum atomic E-state index is 13.7. The van der Waals surface area contributed by atoms with Gasteiger partial charge in [0.1, 0.15) is 21.2 Å². The highest BCUT2D eigenvalue weighted by Crippen LogP contribution is 2.44. The Balaban J connectivity index is 1.75. The normalized spacial score (nSPS) is 24.8. The van der Waals surface area contributed by atoms with E-state index in [1.807, 2.05) is 6.92 Å². The Hall–Kier alpha value is -1.96. The first-order valence-corrected chi connectivity index (χ1v) is 16.3. The standard InChI is InChI=1S/C23H34N4O6S3/c1-14(2)9-10-23(3)13-27(16-7-5-6-8-16)22(29)17(19(23)28)20-25-21-18(36(32,33)26-20)15(12-34-21)11-24-35(4,30)31/h12,14,16,24,28H,5-11,13H2,1-4H3,(H,25,26). The van der Waals surface area contributed by atoms with Crippen LogP contribution in [0.3, 0.4) is 0 Å². The molecule has 0 spiro atoms. The van der Waals surface area contributed by atoms with Crippen molar-refractivity contribution >= 4 is 48.1 Å². The van der Waals surface area contributed by atoms with E-state index in [2.05, 4.69) is 28.3 Å². The number of aliphatic hydroxyl groups is 1. The minimum Gasteiger partial charge on any atom is -0.511 e. The van der Waals surface area contributed by atoms with Crippen molar-refractivity contribution in [2.45, 2.75) is 76.8 Å². The fourth-order valence-corrected chi connectivity index (χ4v) is 8.11. The summed E-state index contributed by atoms with van der Waals surface area (Å²) in [6, 6.07) is 0.0470. The number of amidine groups is 1. The topological polar surface area (TPSA) is 145 Å². The number of anilines is 1. The molecule has 1 fully saturated rings. The third-order valence-corrected chi connectivity index (χ3v) is 10.3. The van der Waals surface area contributed by atoms with Crippen LogP contribution < -0.4 is 10.0 Å². The lowest BCUT2D eigenvalue weighted by atomic mass is 9.76. The second-order valence-electron chi connectivity index (χ2n) is 10.6. The first kappa shape index (κ1) is 27.1. The van der Waals surface area contributed by atoms with Crippen LogP contribution in [0, 0.1) is 11.3 Å². The number of rotatable bonds is 8. The zero-order chi connectivity index (χ0) is 26.5. The highest BCUT2D eigenvalue weighted by Gasteiger charge is 2.47. The van der Waals surface area contributed by atoms with Gasteiger partial charge in [-0.15, -0.1) is 15.7 Å². The minimum absolute atomic E-state index is 0.0470. The molecule has 36 heavy (non-hydrogen) atoms. The van der Waals surface area contributed by atoms with Crippen molar-refractivity contribution in [2.24, 2.45) is 15.7 Å². The van der Waals surface area contributed by atoms with Crippen LogP contribution in [0.25, 0.3) is 0 Å². The van der Waals surface area contributed by atoms with Crippen molar-refractivity contribution in [1.82, 2.24) is 9.62 Å². The molecule has 1 unspecified atom stereocenters. The number of nitrogens with one attached hydrogen (secondary N) is 2. The Labute approximate surface area is 217 Å². The third-order valence-electron chi connectivity index (χ3n) is 7.12. The second kappa shape index (κ2) is 9.73. The predicted octanol–water partition coefficient (Wildman–Crippen LogP) is 3.35. The Morgan fingerprint density at radius 1 is 1.33 bits per heavy atom. The van der Waals surface area contributed by atoms with E-state index in [4.69, 9.17) is 0 Å². The average molecular weight is 559 g/mol. The summed E-state index contributed by atoms with van der Waals surface area (Å²) < 4.78 is 55.7. The molecule has 10 nitrogen and oxygen atoms in total. The fourth-order valence-electron chi connectivity index (χ4n) is 5.09. The molecule has 0 saturated heterocycles. The number of nitrogens with zero attached hydrogens (tertiary/aromatic N) is 2. The zero-order valence-corrected chi connectivity index (χ0v) is 23.4. The van der Waals surface area contributed by atoms with E-state index in [1.54, 1.807) is 10.3 Å². The molecule has 1 aromatic heterocycles. The molecule has 3 heterocycles. The van der Waals surface area contributed by atoms with Gasteiger partial charge in [-0.2, -0.15) is 8.42 Å². The summed E-state index contributed by atoms with van der Waals surface area (Å²) in [5.41, 5.74) is -0.569. The first-order chi connectivity index (χ1) is 16.7. The molecule has 2 aliphatic heterocycles. The molecule has 1 amide bonds. The first-order valence-electron chi connectivity index (χ1n) is 12.1. The quantitative estimate of drug-likeness (QED) is 0.444. The molecule has 0 radical (unpaired) electrons. The molecule has 200 valence electrons. The Morgan fingerprint density at radius 3 is 2.61 bits per heavy atom. The van der Waals surface area contributed by atoms with Gasteiger partial charge in [0.25, 0.3) is 15.9 Å². The number of hydrogen-bond donors (Lipinski definition) is 3. The van der Waals surface area contributed by atoms with Crippen LogP contribution in [0.5, 0.6) is 0 Å². The van der Waals surface area contributed by atoms with Crippen LogP contribution >= 0.6 is 11.3 Å². The molecule has 1 aliphatic carbocycles. The maximum Gasteiger partial charge on any atom is 0.287 e. The highest BCUT2D eigenvalue weighted by atomic mass is 32.2. The van der Waals surface area contributed by atoms with Crippen molar-refractivity contribution in [1.29, 1.82) is 0 Å². The molecule has 3 aliphatic rings. The molecule has 1 aromatic rings. The Kier molecular flexibility index (Phi) is 7.32. The van der Waals surface area contributed by atoms with Gasteiger partial charge in [0, 0.05) is 30.1 Å². The summed E-state index contributed by atoms with van der Waals surface area (Å²) in [4.78, 5) is 15.4. The summed E-state index contributed by atoms with van der Waals surface area (Å²) in [6.45, 7) is 6.29.